The van der Waals surface area contributed by atoms with Crippen LogP contribution in [0.15, 0.2) is 71.6 Å². The van der Waals surface area contributed by atoms with Crippen LogP contribution in [0.1, 0.15) is 47.2 Å². The van der Waals surface area contributed by atoms with Crippen molar-refractivity contribution in [2.75, 3.05) is 15.8 Å². The molecule has 3 aliphatic rings. The van der Waals surface area contributed by atoms with E-state index in [4.69, 9.17) is 11.6 Å². The maximum Gasteiger partial charge on any atom is 0.264 e. The highest BCUT2D eigenvalue weighted by Crippen LogP contribution is 2.59. The van der Waals surface area contributed by atoms with Crippen molar-refractivity contribution >= 4 is 43.1 Å². The van der Waals surface area contributed by atoms with Gasteiger partial charge in [0.25, 0.3) is 15.9 Å². The number of sulfonamides is 1. The van der Waals surface area contributed by atoms with Gasteiger partial charge in [0.15, 0.2) is 0 Å². The van der Waals surface area contributed by atoms with Crippen molar-refractivity contribution in [3.8, 4) is 0 Å². The molecule has 0 bridgehead atoms. The van der Waals surface area contributed by atoms with Crippen LogP contribution in [0, 0.1) is 11.7 Å². The fourth-order valence-corrected chi connectivity index (χ4v) is 9.80. The average molecular weight is 603 g/mol. The van der Waals surface area contributed by atoms with Crippen molar-refractivity contribution < 1.29 is 26.0 Å². The Morgan fingerprint density at radius 2 is 1.70 bits per heavy atom. The first-order chi connectivity index (χ1) is 19.0. The summed E-state index contributed by atoms with van der Waals surface area (Å²) in [4.78, 5) is 13.2. The number of hydrogen-bond donors (Lipinski definition) is 1. The molecule has 1 atom stereocenters. The van der Waals surface area contributed by atoms with Gasteiger partial charge in [-0.15, -0.1) is 0 Å². The largest absolute Gasteiger partial charge is 0.348 e. The number of carbonyl (C=O) groups excluding carboxylic acids is 1. The minimum atomic E-state index is -4.11. The summed E-state index contributed by atoms with van der Waals surface area (Å²) in [5.74, 6) is -0.933. The number of amides is 1. The van der Waals surface area contributed by atoms with Crippen molar-refractivity contribution in [3.05, 3.63) is 94.3 Å². The monoisotopic (exact) mass is 602 g/mol. The van der Waals surface area contributed by atoms with Crippen LogP contribution in [0.25, 0.3) is 0 Å². The number of nitrogens with one attached hydrogen (secondary N) is 1. The Labute approximate surface area is 238 Å². The van der Waals surface area contributed by atoms with Crippen LogP contribution < -0.4 is 9.62 Å². The first kappa shape index (κ1) is 27.2. The molecule has 2 aliphatic heterocycles. The van der Waals surface area contributed by atoms with Crippen LogP contribution in [0.3, 0.4) is 0 Å². The third-order valence-electron chi connectivity index (χ3n) is 8.41. The number of benzene rings is 3. The second kappa shape index (κ2) is 9.85. The summed E-state index contributed by atoms with van der Waals surface area (Å²) < 4.78 is 68.3. The topological polar surface area (TPSA) is 101 Å². The number of anilines is 1. The maximum absolute atomic E-state index is 14.1. The van der Waals surface area contributed by atoms with Gasteiger partial charge in [-0.05, 0) is 91.3 Å². The lowest BCUT2D eigenvalue weighted by Gasteiger charge is -2.41. The minimum Gasteiger partial charge on any atom is -0.348 e. The molecule has 0 radical (unpaired) electrons. The lowest BCUT2D eigenvalue weighted by atomic mass is 9.70. The second-order valence-corrected chi connectivity index (χ2v) is 15.4. The van der Waals surface area contributed by atoms with Gasteiger partial charge in [-0.3, -0.25) is 9.10 Å². The summed E-state index contributed by atoms with van der Waals surface area (Å²) in [6, 6.07) is 16.4. The van der Waals surface area contributed by atoms with E-state index in [9.17, 15) is 26.0 Å². The number of nitrogens with zero attached hydrogens (tertiary/aromatic N) is 1. The van der Waals surface area contributed by atoms with E-state index in [1.807, 2.05) is 12.1 Å². The summed E-state index contributed by atoms with van der Waals surface area (Å²) in [5.41, 5.74) is 1.49. The summed E-state index contributed by atoms with van der Waals surface area (Å²) >= 11 is 6.24. The lowest BCUT2D eigenvalue weighted by Crippen LogP contribution is -2.52. The van der Waals surface area contributed by atoms with Gasteiger partial charge in [0.1, 0.15) is 15.7 Å². The van der Waals surface area contributed by atoms with Crippen LogP contribution in [-0.4, -0.2) is 40.3 Å². The number of halogens is 2. The smallest absolute Gasteiger partial charge is 0.264 e. The van der Waals surface area contributed by atoms with Crippen molar-refractivity contribution in [3.63, 3.8) is 0 Å². The molecule has 210 valence electrons. The lowest BCUT2D eigenvalue weighted by molar-refractivity contribution is 0.0950. The predicted octanol–water partition coefficient (Wildman–Crippen LogP) is 4.84. The molecule has 1 N–H and O–H groups in total. The number of sulfone groups is 1. The quantitative estimate of drug-likeness (QED) is 0.435. The van der Waals surface area contributed by atoms with Crippen LogP contribution in [0.5, 0.6) is 0 Å². The Bertz CT molecular complexity index is 1690. The molecule has 0 aromatic heterocycles. The van der Waals surface area contributed by atoms with E-state index >= 15 is 0 Å². The molecular weight excluding hydrogens is 575 g/mol. The molecule has 3 aromatic rings. The zero-order valence-corrected chi connectivity index (χ0v) is 23.9. The molecule has 1 saturated heterocycles. The van der Waals surface area contributed by atoms with E-state index < -0.39 is 37.1 Å². The summed E-state index contributed by atoms with van der Waals surface area (Å²) in [7, 11) is -7.37. The Morgan fingerprint density at radius 1 is 1.02 bits per heavy atom. The summed E-state index contributed by atoms with van der Waals surface area (Å²) in [6.45, 7) is 0.217. The molecule has 40 heavy (non-hydrogen) atoms. The van der Waals surface area contributed by atoms with Crippen LogP contribution >= 0.6 is 11.6 Å². The third-order valence-corrected chi connectivity index (χ3v) is 12.2. The zero-order valence-electron chi connectivity index (χ0n) is 21.5. The third kappa shape index (κ3) is 4.69. The molecule has 7 nitrogen and oxygen atoms in total. The van der Waals surface area contributed by atoms with Crippen molar-refractivity contribution in [2.45, 2.75) is 48.6 Å². The Kier molecular flexibility index (Phi) is 6.71. The molecule has 11 heteroatoms. The van der Waals surface area contributed by atoms with E-state index in [-0.39, 0.29) is 47.6 Å². The molecule has 1 saturated carbocycles. The van der Waals surface area contributed by atoms with Crippen LogP contribution in [-0.2, 0) is 31.8 Å². The fourth-order valence-electron chi connectivity index (χ4n) is 6.24. The molecule has 1 spiro atoms. The molecule has 3 aromatic carbocycles. The SMILES string of the molecule is O=C(NCc1ccccc1Cl)c1ccc2c(c1)C1(CCS(=O)(=O)CC1)C(C1CC1)N2S(=O)(=O)c1ccc(F)cc1. The van der Waals surface area contributed by atoms with Crippen molar-refractivity contribution in [1.82, 2.24) is 5.32 Å². The molecule has 2 heterocycles. The van der Waals surface area contributed by atoms with Gasteiger partial charge in [-0.2, -0.15) is 0 Å². The number of fused-ring (bicyclic) bond motifs is 2. The van der Waals surface area contributed by atoms with Gasteiger partial charge in [0.2, 0.25) is 0 Å². The number of carbonyl (C=O) groups is 1. The van der Waals surface area contributed by atoms with Gasteiger partial charge in [0.05, 0.1) is 28.1 Å². The highest BCUT2D eigenvalue weighted by molar-refractivity contribution is 7.93. The highest BCUT2D eigenvalue weighted by Gasteiger charge is 2.60. The normalized spacial score (nSPS) is 21.2. The van der Waals surface area contributed by atoms with E-state index in [0.717, 1.165) is 30.5 Å². The minimum absolute atomic E-state index is 0.0347. The Balaban J connectivity index is 1.43. The maximum atomic E-state index is 14.1. The first-order valence-electron chi connectivity index (χ1n) is 13.2. The zero-order chi connectivity index (χ0) is 28.3. The number of rotatable bonds is 6. The van der Waals surface area contributed by atoms with Crippen molar-refractivity contribution in [2.24, 2.45) is 5.92 Å². The fraction of sp³-hybridized carbons (Fsp3) is 0.345. The van der Waals surface area contributed by atoms with E-state index in [0.29, 0.717) is 21.8 Å². The molecular formula is C29H28ClFN2O5S2. The average Bonchev–Trinajstić information content (AvgIpc) is 3.73. The predicted molar refractivity (Wildman–Crippen MR) is 151 cm³/mol. The van der Waals surface area contributed by atoms with Gasteiger partial charge < -0.3 is 5.32 Å². The summed E-state index contributed by atoms with van der Waals surface area (Å²) in [5, 5.41) is 3.42. The molecule has 2 fully saturated rings. The standard InChI is InChI=1S/C29H28ClFN2O5S2/c30-25-4-2-1-3-21(25)18-32-28(34)20-7-12-26-24(17-20)29(13-15-39(35,36)16-14-29)27(19-5-6-19)33(26)40(37,38)23-10-8-22(31)9-11-23/h1-4,7-12,17,19,27H,5-6,13-16,18H2,(H,32,34). The highest BCUT2D eigenvalue weighted by atomic mass is 35.5. The van der Waals surface area contributed by atoms with Crippen molar-refractivity contribution in [1.29, 1.82) is 0 Å². The van der Waals surface area contributed by atoms with Gasteiger partial charge in [-0.25, -0.2) is 21.2 Å². The van der Waals surface area contributed by atoms with Gasteiger partial charge in [-0.1, -0.05) is 29.8 Å². The van der Waals surface area contributed by atoms with Crippen LogP contribution in [0.4, 0.5) is 10.1 Å². The van der Waals surface area contributed by atoms with E-state index in [2.05, 4.69) is 5.32 Å². The molecule has 1 amide bonds. The van der Waals surface area contributed by atoms with E-state index in [1.165, 1.54) is 16.4 Å². The molecule has 1 unspecified atom stereocenters. The molecule has 1 aliphatic carbocycles. The van der Waals surface area contributed by atoms with Gasteiger partial charge in [0, 0.05) is 22.5 Å². The van der Waals surface area contributed by atoms with Crippen LogP contribution in [0.2, 0.25) is 5.02 Å². The second-order valence-electron chi connectivity index (χ2n) is 10.9. The molecule has 6 rings (SSSR count). The first-order valence-corrected chi connectivity index (χ1v) is 16.8. The number of hydrogen-bond acceptors (Lipinski definition) is 5. The van der Waals surface area contributed by atoms with E-state index in [1.54, 1.807) is 30.3 Å². The summed E-state index contributed by atoms with van der Waals surface area (Å²) in [6.07, 6.45) is 2.19. The Hall–Kier alpha value is -2.95. The Morgan fingerprint density at radius 3 is 2.35 bits per heavy atom. The van der Waals surface area contributed by atoms with Gasteiger partial charge >= 0.3 is 0 Å².